The maximum Gasteiger partial charge on any atom is 0.178 e. The Morgan fingerprint density at radius 1 is 1.37 bits per heavy atom. The third-order valence-corrected chi connectivity index (χ3v) is 4.36. The standard InChI is InChI=1S/C14H15FN2OS/c15-10-1-2-13-11(7-10)12(8-16-13)14(18)9-17-3-5-19-6-4-17/h1-2,7-8,16H,3-6,9H2. The fraction of sp³-hybridized carbons (Fsp3) is 0.357. The van der Waals surface area contributed by atoms with Gasteiger partial charge in [-0.15, -0.1) is 0 Å². The molecule has 1 aromatic carbocycles. The summed E-state index contributed by atoms with van der Waals surface area (Å²) in [5.41, 5.74) is 1.40. The van der Waals surface area contributed by atoms with Crippen LogP contribution in [0.4, 0.5) is 4.39 Å². The van der Waals surface area contributed by atoms with Crippen molar-refractivity contribution in [2.75, 3.05) is 31.1 Å². The van der Waals surface area contributed by atoms with Crippen LogP contribution in [0.2, 0.25) is 0 Å². The number of hydrogen-bond acceptors (Lipinski definition) is 3. The van der Waals surface area contributed by atoms with E-state index in [9.17, 15) is 9.18 Å². The van der Waals surface area contributed by atoms with Gasteiger partial charge in [0.05, 0.1) is 6.54 Å². The minimum atomic E-state index is -0.310. The zero-order valence-corrected chi connectivity index (χ0v) is 11.3. The van der Waals surface area contributed by atoms with Crippen molar-refractivity contribution >= 4 is 28.4 Å². The van der Waals surface area contributed by atoms with Gasteiger partial charge in [0.2, 0.25) is 0 Å². The molecule has 0 atom stereocenters. The van der Waals surface area contributed by atoms with Gasteiger partial charge in [-0.2, -0.15) is 11.8 Å². The van der Waals surface area contributed by atoms with E-state index in [-0.39, 0.29) is 11.6 Å². The first-order valence-corrected chi connectivity index (χ1v) is 7.49. The smallest absolute Gasteiger partial charge is 0.178 e. The molecule has 19 heavy (non-hydrogen) atoms. The van der Waals surface area contributed by atoms with Gasteiger partial charge in [-0.05, 0) is 18.2 Å². The molecule has 3 nitrogen and oxygen atoms in total. The summed E-state index contributed by atoms with van der Waals surface area (Å²) in [6.07, 6.45) is 1.69. The van der Waals surface area contributed by atoms with Crippen molar-refractivity contribution in [2.45, 2.75) is 0 Å². The van der Waals surface area contributed by atoms with Crippen LogP contribution in [0.15, 0.2) is 24.4 Å². The Labute approximate surface area is 115 Å². The molecule has 2 heterocycles. The Bertz CT molecular complexity index is 605. The predicted molar refractivity (Wildman–Crippen MR) is 76.4 cm³/mol. The van der Waals surface area contributed by atoms with E-state index in [0.717, 1.165) is 30.1 Å². The molecule has 0 unspecified atom stereocenters. The van der Waals surface area contributed by atoms with Crippen molar-refractivity contribution in [3.05, 3.63) is 35.8 Å². The van der Waals surface area contributed by atoms with Crippen LogP contribution >= 0.6 is 11.8 Å². The van der Waals surface area contributed by atoms with E-state index < -0.39 is 0 Å². The lowest BCUT2D eigenvalue weighted by Gasteiger charge is -2.25. The second-order valence-corrected chi connectivity index (χ2v) is 5.93. The average molecular weight is 278 g/mol. The van der Waals surface area contributed by atoms with Crippen molar-refractivity contribution in [1.29, 1.82) is 0 Å². The van der Waals surface area contributed by atoms with Crippen molar-refractivity contribution in [2.24, 2.45) is 0 Å². The van der Waals surface area contributed by atoms with Crippen molar-refractivity contribution < 1.29 is 9.18 Å². The van der Waals surface area contributed by atoms with E-state index in [2.05, 4.69) is 9.88 Å². The van der Waals surface area contributed by atoms with E-state index in [1.54, 1.807) is 12.3 Å². The first kappa shape index (κ1) is 12.7. The van der Waals surface area contributed by atoms with E-state index >= 15 is 0 Å². The number of aromatic nitrogens is 1. The average Bonchev–Trinajstić information content (AvgIpc) is 2.82. The van der Waals surface area contributed by atoms with E-state index in [4.69, 9.17) is 0 Å². The minimum Gasteiger partial charge on any atom is -0.360 e. The lowest BCUT2D eigenvalue weighted by Crippen LogP contribution is -2.36. The Morgan fingerprint density at radius 3 is 2.95 bits per heavy atom. The number of thioether (sulfide) groups is 1. The number of Topliss-reactive ketones (excluding diaryl/α,β-unsaturated/α-hetero) is 1. The highest BCUT2D eigenvalue weighted by molar-refractivity contribution is 7.99. The Hall–Kier alpha value is -1.33. The molecular formula is C14H15FN2OS. The molecule has 0 bridgehead atoms. The normalized spacial score (nSPS) is 16.9. The highest BCUT2D eigenvalue weighted by Gasteiger charge is 2.18. The summed E-state index contributed by atoms with van der Waals surface area (Å²) in [6, 6.07) is 4.49. The molecule has 1 saturated heterocycles. The number of H-pyrrole nitrogens is 1. The van der Waals surface area contributed by atoms with Crippen molar-refractivity contribution in [3.63, 3.8) is 0 Å². The van der Waals surface area contributed by atoms with Gasteiger partial charge in [0.15, 0.2) is 5.78 Å². The largest absolute Gasteiger partial charge is 0.360 e. The monoisotopic (exact) mass is 278 g/mol. The summed E-state index contributed by atoms with van der Waals surface area (Å²) in [4.78, 5) is 17.5. The van der Waals surface area contributed by atoms with Crippen molar-refractivity contribution in [1.82, 2.24) is 9.88 Å². The molecule has 1 aliphatic rings. The van der Waals surface area contributed by atoms with Gasteiger partial charge in [0, 0.05) is 47.3 Å². The Kier molecular flexibility index (Phi) is 3.57. The quantitative estimate of drug-likeness (QED) is 0.877. The molecule has 3 rings (SSSR count). The summed E-state index contributed by atoms with van der Waals surface area (Å²) in [5.74, 6) is 1.91. The van der Waals surface area contributed by atoms with Gasteiger partial charge < -0.3 is 4.98 Å². The van der Waals surface area contributed by atoms with Gasteiger partial charge in [0.25, 0.3) is 0 Å². The molecule has 1 fully saturated rings. The molecule has 0 saturated carbocycles. The van der Waals surface area contributed by atoms with Crippen LogP contribution in [0.3, 0.4) is 0 Å². The van der Waals surface area contributed by atoms with Gasteiger partial charge in [-0.3, -0.25) is 9.69 Å². The number of halogens is 1. The fourth-order valence-corrected chi connectivity index (χ4v) is 3.35. The van der Waals surface area contributed by atoms with E-state index in [1.165, 1.54) is 12.1 Å². The predicted octanol–water partition coefficient (Wildman–Crippen LogP) is 2.54. The summed E-state index contributed by atoms with van der Waals surface area (Å²) >= 11 is 1.92. The highest BCUT2D eigenvalue weighted by atomic mass is 32.2. The zero-order chi connectivity index (χ0) is 13.2. The van der Waals surface area contributed by atoms with Crippen LogP contribution < -0.4 is 0 Å². The summed E-state index contributed by atoms with van der Waals surface area (Å²) in [6.45, 7) is 2.32. The molecule has 1 aromatic heterocycles. The first-order valence-electron chi connectivity index (χ1n) is 6.34. The number of fused-ring (bicyclic) bond motifs is 1. The molecular weight excluding hydrogens is 263 g/mol. The van der Waals surface area contributed by atoms with Gasteiger partial charge in [-0.25, -0.2) is 4.39 Å². The lowest BCUT2D eigenvalue weighted by molar-refractivity contribution is 0.0939. The van der Waals surface area contributed by atoms with E-state index in [1.807, 2.05) is 11.8 Å². The van der Waals surface area contributed by atoms with Crippen LogP contribution in [0.25, 0.3) is 10.9 Å². The molecule has 1 aliphatic heterocycles. The Morgan fingerprint density at radius 2 is 2.16 bits per heavy atom. The second kappa shape index (κ2) is 5.35. The molecule has 0 spiro atoms. The molecule has 2 aromatic rings. The van der Waals surface area contributed by atoms with Crippen LogP contribution in [-0.4, -0.2) is 46.8 Å². The highest BCUT2D eigenvalue weighted by Crippen LogP contribution is 2.20. The topological polar surface area (TPSA) is 36.1 Å². The molecule has 0 amide bonds. The van der Waals surface area contributed by atoms with Gasteiger partial charge in [-0.1, -0.05) is 0 Å². The number of rotatable bonds is 3. The number of nitrogens with one attached hydrogen (secondary N) is 1. The summed E-state index contributed by atoms with van der Waals surface area (Å²) < 4.78 is 13.3. The van der Waals surface area contributed by atoms with Crippen LogP contribution in [0, 0.1) is 5.82 Å². The third-order valence-electron chi connectivity index (χ3n) is 3.42. The van der Waals surface area contributed by atoms with Gasteiger partial charge in [0.1, 0.15) is 5.82 Å². The summed E-state index contributed by atoms with van der Waals surface area (Å²) in [7, 11) is 0. The lowest BCUT2D eigenvalue weighted by atomic mass is 10.1. The fourth-order valence-electron chi connectivity index (χ4n) is 2.37. The van der Waals surface area contributed by atoms with Crippen LogP contribution in [0.5, 0.6) is 0 Å². The number of nitrogens with zero attached hydrogens (tertiary/aromatic N) is 1. The van der Waals surface area contributed by atoms with Crippen LogP contribution in [0.1, 0.15) is 10.4 Å². The van der Waals surface area contributed by atoms with Gasteiger partial charge >= 0.3 is 0 Å². The molecule has 0 aliphatic carbocycles. The third kappa shape index (κ3) is 2.67. The molecule has 5 heteroatoms. The number of hydrogen-bond donors (Lipinski definition) is 1. The summed E-state index contributed by atoms with van der Waals surface area (Å²) in [5, 5.41) is 0.677. The number of carbonyl (C=O) groups excluding carboxylic acids is 1. The number of benzene rings is 1. The number of ketones is 1. The maximum atomic E-state index is 13.3. The number of aromatic amines is 1. The maximum absolute atomic E-state index is 13.3. The first-order chi connectivity index (χ1) is 9.24. The Balaban J connectivity index is 1.82. The van der Waals surface area contributed by atoms with Crippen molar-refractivity contribution in [3.8, 4) is 0 Å². The van der Waals surface area contributed by atoms with Crippen LogP contribution in [-0.2, 0) is 0 Å². The minimum absolute atomic E-state index is 0.0590. The second-order valence-electron chi connectivity index (χ2n) is 4.70. The zero-order valence-electron chi connectivity index (χ0n) is 10.5. The van der Waals surface area contributed by atoms with E-state index in [0.29, 0.717) is 17.5 Å². The molecule has 1 N–H and O–H groups in total. The number of carbonyl (C=O) groups is 1. The SMILES string of the molecule is O=C(CN1CCSCC1)c1c[nH]c2ccc(F)cc12. The molecule has 100 valence electrons. The molecule has 0 radical (unpaired) electrons.